The van der Waals surface area contributed by atoms with E-state index < -0.39 is 41.6 Å². The minimum Gasteiger partial charge on any atom is -0.469 e. The number of rotatable bonds is 12. The molecule has 0 saturated heterocycles. The number of hydrogen-bond donors (Lipinski definition) is 4. The molecule has 7 nitrogen and oxygen atoms in total. The summed E-state index contributed by atoms with van der Waals surface area (Å²) in [6, 6.07) is 0. The van der Waals surface area contributed by atoms with Crippen LogP contribution in [0.25, 0.3) is 0 Å². The first-order valence-corrected chi connectivity index (χ1v) is 10.5. The topological polar surface area (TPSA) is 124 Å². The predicted molar refractivity (Wildman–Crippen MR) is 112 cm³/mol. The molecule has 8 heteroatoms. The zero-order valence-corrected chi connectivity index (χ0v) is 18.4. The minimum absolute atomic E-state index is 0.0327. The van der Waals surface area contributed by atoms with E-state index in [0.29, 0.717) is 6.42 Å². The van der Waals surface area contributed by atoms with E-state index in [9.17, 15) is 30.0 Å². The lowest BCUT2D eigenvalue weighted by molar-refractivity contribution is -0.144. The first-order chi connectivity index (χ1) is 13.7. The van der Waals surface area contributed by atoms with Gasteiger partial charge in [-0.2, -0.15) is 0 Å². The maximum absolute atomic E-state index is 12.5. The van der Waals surface area contributed by atoms with E-state index in [2.05, 4.69) is 20.7 Å². The first-order valence-electron chi connectivity index (χ1n) is 9.73. The lowest BCUT2D eigenvalue weighted by atomic mass is 9.79. The molecule has 0 radical (unpaired) electrons. The van der Waals surface area contributed by atoms with Gasteiger partial charge < -0.3 is 25.2 Å². The van der Waals surface area contributed by atoms with Crippen molar-refractivity contribution in [3.8, 4) is 0 Å². The Labute approximate surface area is 179 Å². The van der Waals surface area contributed by atoms with Gasteiger partial charge in [0.2, 0.25) is 0 Å². The molecule has 1 rings (SSSR count). The Balaban J connectivity index is 2.78. The number of halogens is 1. The average Bonchev–Trinajstić information content (AvgIpc) is 2.91. The van der Waals surface area contributed by atoms with Crippen molar-refractivity contribution in [2.45, 2.75) is 69.4 Å². The van der Waals surface area contributed by atoms with Crippen molar-refractivity contribution >= 4 is 27.7 Å². The van der Waals surface area contributed by atoms with Crippen molar-refractivity contribution in [3.05, 3.63) is 34.9 Å². The second-order valence-corrected chi connectivity index (χ2v) is 7.99. The quantitative estimate of drug-likeness (QED) is 0.251. The van der Waals surface area contributed by atoms with Crippen LogP contribution in [0, 0.1) is 5.92 Å². The van der Waals surface area contributed by atoms with Gasteiger partial charge in [-0.25, -0.2) is 0 Å². The van der Waals surface area contributed by atoms with Gasteiger partial charge >= 0.3 is 5.97 Å². The lowest BCUT2D eigenvalue weighted by Gasteiger charge is -2.34. The fourth-order valence-electron chi connectivity index (χ4n) is 3.26. The summed E-state index contributed by atoms with van der Waals surface area (Å²) in [4.78, 5) is 23.6. The third-order valence-electron chi connectivity index (χ3n) is 4.91. The van der Waals surface area contributed by atoms with E-state index in [1.807, 2.05) is 25.2 Å². The van der Waals surface area contributed by atoms with Crippen molar-refractivity contribution < 1.29 is 34.8 Å². The van der Waals surface area contributed by atoms with Gasteiger partial charge in [0.05, 0.1) is 29.7 Å². The van der Waals surface area contributed by atoms with Crippen LogP contribution in [0.2, 0.25) is 0 Å². The van der Waals surface area contributed by atoms with Gasteiger partial charge in [0, 0.05) is 6.42 Å². The number of carbonyl (C=O) groups is 2. The number of esters is 1. The van der Waals surface area contributed by atoms with Crippen LogP contribution in [0.4, 0.5) is 0 Å². The van der Waals surface area contributed by atoms with Crippen molar-refractivity contribution in [1.29, 1.82) is 0 Å². The van der Waals surface area contributed by atoms with Crippen molar-refractivity contribution in [2.75, 3.05) is 7.11 Å². The van der Waals surface area contributed by atoms with E-state index in [-0.39, 0.29) is 30.2 Å². The summed E-state index contributed by atoms with van der Waals surface area (Å²) in [5.41, 5.74) is -1.69. The number of aliphatic hydroxyl groups excluding tert-OH is 3. The molecule has 0 aromatic rings. The summed E-state index contributed by atoms with van der Waals surface area (Å²) in [6.07, 6.45) is 6.20. The normalized spacial score (nSPS) is 25.4. The largest absolute Gasteiger partial charge is 0.469 e. The van der Waals surface area contributed by atoms with Gasteiger partial charge in [-0.05, 0) is 54.1 Å². The highest BCUT2D eigenvalue weighted by Crippen LogP contribution is 2.40. The number of aliphatic hydroxyl groups is 4. The highest BCUT2D eigenvalue weighted by molar-refractivity contribution is 9.12. The molecule has 0 spiro atoms. The molecule has 0 aliphatic heterocycles. The van der Waals surface area contributed by atoms with Gasteiger partial charge in [0.1, 0.15) is 11.7 Å². The molecule has 164 valence electrons. The van der Waals surface area contributed by atoms with Gasteiger partial charge in [-0.1, -0.05) is 31.2 Å². The highest BCUT2D eigenvalue weighted by atomic mass is 79.9. The number of Topliss-reactive ketones (excluding diaryl/α,β-unsaturated/α-hetero) is 1. The zero-order valence-electron chi connectivity index (χ0n) is 16.8. The third-order valence-corrected chi connectivity index (χ3v) is 5.53. The van der Waals surface area contributed by atoms with E-state index in [4.69, 9.17) is 0 Å². The predicted octanol–water partition coefficient (Wildman–Crippen LogP) is 1.92. The van der Waals surface area contributed by atoms with Crippen LogP contribution in [0.1, 0.15) is 45.4 Å². The van der Waals surface area contributed by atoms with Crippen molar-refractivity contribution in [2.24, 2.45) is 5.92 Å². The Hall–Kier alpha value is -1.32. The number of methoxy groups -OCH3 is 1. The second kappa shape index (κ2) is 12.4. The fraction of sp³-hybridized carbons (Fsp3) is 0.619. The Bertz CT molecular complexity index is 643. The molecule has 1 aliphatic rings. The summed E-state index contributed by atoms with van der Waals surface area (Å²) >= 11 is 3.09. The molecule has 1 aliphatic carbocycles. The number of carbonyl (C=O) groups excluding carboxylic acids is 2. The van der Waals surface area contributed by atoms with E-state index >= 15 is 0 Å². The van der Waals surface area contributed by atoms with Crippen LogP contribution in [0.5, 0.6) is 0 Å². The Morgan fingerprint density at radius 1 is 1.28 bits per heavy atom. The smallest absolute Gasteiger partial charge is 0.305 e. The van der Waals surface area contributed by atoms with Gasteiger partial charge in [-0.3, -0.25) is 9.59 Å². The molecule has 29 heavy (non-hydrogen) atoms. The molecule has 0 aromatic heterocycles. The van der Waals surface area contributed by atoms with E-state index in [1.165, 1.54) is 13.2 Å². The van der Waals surface area contributed by atoms with Crippen molar-refractivity contribution in [3.63, 3.8) is 0 Å². The van der Waals surface area contributed by atoms with Crippen molar-refractivity contribution in [1.82, 2.24) is 0 Å². The summed E-state index contributed by atoms with van der Waals surface area (Å²) < 4.78 is 4.63. The second-order valence-electron chi connectivity index (χ2n) is 7.13. The molecular weight excluding hydrogens is 444 g/mol. The molecule has 4 N–H and O–H groups in total. The van der Waals surface area contributed by atoms with E-state index in [1.54, 1.807) is 6.08 Å². The number of hydrogen-bond acceptors (Lipinski definition) is 7. The zero-order chi connectivity index (χ0) is 22.0. The Morgan fingerprint density at radius 2 is 1.93 bits per heavy atom. The standard InChI is InChI=1S/C21H31BrO7/c1-3-4-5-6-7-8-12-21(28)13-14(22)18(25)17(21)20(27)19(26)15(23)10-9-11-16(24)29-2/h4-5,7-8,13,15,17,19-20,23,26-28H,3,6,9-12H2,1-2H3/b5-4-,8-7-/t15-,17+,19-,20-,21+/m0/s1. The molecular formula is C21H31BrO7. The van der Waals surface area contributed by atoms with Crippen LogP contribution in [0.3, 0.4) is 0 Å². The monoisotopic (exact) mass is 474 g/mol. The Kier molecular flexibility index (Phi) is 11.0. The molecule has 0 amide bonds. The SMILES string of the molecule is CC/C=C\C/C=C\C[C@@]1(O)C=C(Br)C(=O)[C@@H]1[C@H](O)[C@@H](O)[C@@H](O)CCCC(=O)OC. The molecule has 5 atom stereocenters. The van der Waals surface area contributed by atoms with Crippen LogP contribution in [0.15, 0.2) is 34.9 Å². The number of ketones is 1. The van der Waals surface area contributed by atoms with Gasteiger partial charge in [0.15, 0.2) is 5.78 Å². The molecule has 0 heterocycles. The third kappa shape index (κ3) is 7.46. The van der Waals surface area contributed by atoms with E-state index in [0.717, 1.165) is 6.42 Å². The number of ether oxygens (including phenoxy) is 1. The molecule has 0 saturated carbocycles. The minimum atomic E-state index is -1.69. The summed E-state index contributed by atoms with van der Waals surface area (Å²) in [7, 11) is 1.25. The summed E-state index contributed by atoms with van der Waals surface area (Å²) in [5.74, 6) is -2.31. The highest BCUT2D eigenvalue weighted by Gasteiger charge is 2.51. The summed E-state index contributed by atoms with van der Waals surface area (Å²) in [6.45, 7) is 2.02. The van der Waals surface area contributed by atoms with Crippen LogP contribution in [-0.2, 0) is 14.3 Å². The van der Waals surface area contributed by atoms with Gasteiger partial charge in [-0.15, -0.1) is 0 Å². The molecule has 0 unspecified atom stereocenters. The van der Waals surface area contributed by atoms with Crippen LogP contribution in [-0.4, -0.2) is 63.2 Å². The van der Waals surface area contributed by atoms with Gasteiger partial charge in [0.25, 0.3) is 0 Å². The fourth-order valence-corrected chi connectivity index (χ4v) is 3.90. The average molecular weight is 475 g/mol. The Morgan fingerprint density at radius 3 is 2.55 bits per heavy atom. The molecule has 0 bridgehead atoms. The number of allylic oxidation sites excluding steroid dienone is 4. The van der Waals surface area contributed by atoms with Crippen LogP contribution >= 0.6 is 15.9 Å². The summed E-state index contributed by atoms with van der Waals surface area (Å²) in [5, 5.41) is 42.0. The molecule has 0 fully saturated rings. The van der Waals surface area contributed by atoms with Crippen LogP contribution < -0.4 is 0 Å². The maximum atomic E-state index is 12.5. The first kappa shape index (κ1) is 25.7. The molecule has 0 aromatic carbocycles. The maximum Gasteiger partial charge on any atom is 0.305 e. The lowest BCUT2D eigenvalue weighted by Crippen LogP contribution is -2.51.